The van der Waals surface area contributed by atoms with E-state index in [0.717, 1.165) is 37.0 Å². The third kappa shape index (κ3) is 2.70. The molecule has 0 spiro atoms. The Morgan fingerprint density at radius 1 is 1.30 bits per heavy atom. The molecule has 0 aromatic heterocycles. The van der Waals surface area contributed by atoms with Gasteiger partial charge >= 0.3 is 0 Å². The molecule has 0 saturated heterocycles. The quantitative estimate of drug-likeness (QED) is 0.884. The molecule has 2 N–H and O–H groups in total. The van der Waals surface area contributed by atoms with Gasteiger partial charge < -0.3 is 15.2 Å². The Bertz CT molecular complexity index is 544. The summed E-state index contributed by atoms with van der Waals surface area (Å²) in [5.41, 5.74) is 0.803. The van der Waals surface area contributed by atoms with Crippen molar-refractivity contribution < 1.29 is 14.6 Å². The average molecular weight is 273 g/mol. The number of hydrogen-bond acceptors (Lipinski definition) is 3. The molecular formula is C16H19NO3. The third-order valence-corrected chi connectivity index (χ3v) is 4.04. The van der Waals surface area contributed by atoms with Crippen LogP contribution in [0.25, 0.3) is 6.08 Å². The van der Waals surface area contributed by atoms with Crippen molar-refractivity contribution in [1.29, 1.82) is 0 Å². The first kappa shape index (κ1) is 13.2. The van der Waals surface area contributed by atoms with Gasteiger partial charge in [0.2, 0.25) is 0 Å². The molecule has 1 saturated carbocycles. The molecule has 20 heavy (non-hydrogen) atoms. The van der Waals surface area contributed by atoms with Crippen molar-refractivity contribution in [2.75, 3.05) is 13.2 Å². The maximum absolute atomic E-state index is 12.1. The Labute approximate surface area is 118 Å². The van der Waals surface area contributed by atoms with Crippen LogP contribution in [0.1, 0.15) is 31.2 Å². The molecule has 106 valence electrons. The zero-order chi connectivity index (χ0) is 14.0. The number of benzene rings is 1. The van der Waals surface area contributed by atoms with E-state index in [1.807, 2.05) is 30.3 Å². The first-order valence-corrected chi connectivity index (χ1v) is 7.09. The maximum atomic E-state index is 12.1. The van der Waals surface area contributed by atoms with Crippen LogP contribution in [0.2, 0.25) is 0 Å². The molecular weight excluding hydrogens is 254 g/mol. The number of carbonyl (C=O) groups excluding carboxylic acids is 1. The van der Waals surface area contributed by atoms with Gasteiger partial charge in [-0.15, -0.1) is 0 Å². The number of carbonyl (C=O) groups is 1. The molecule has 1 aromatic carbocycles. The van der Waals surface area contributed by atoms with Crippen LogP contribution in [-0.4, -0.2) is 29.8 Å². The fourth-order valence-corrected chi connectivity index (χ4v) is 2.82. The number of amides is 1. The Morgan fingerprint density at radius 3 is 2.85 bits per heavy atom. The van der Waals surface area contributed by atoms with Gasteiger partial charge in [-0.1, -0.05) is 31.0 Å². The highest BCUT2D eigenvalue weighted by molar-refractivity contribution is 5.99. The van der Waals surface area contributed by atoms with Crippen LogP contribution in [0, 0.1) is 0 Å². The van der Waals surface area contributed by atoms with E-state index in [1.54, 1.807) is 0 Å². The van der Waals surface area contributed by atoms with Crippen LogP contribution in [0.5, 0.6) is 5.75 Å². The largest absolute Gasteiger partial charge is 0.488 e. The lowest BCUT2D eigenvalue weighted by molar-refractivity contribution is -0.119. The molecule has 1 aliphatic carbocycles. The summed E-state index contributed by atoms with van der Waals surface area (Å²) in [5, 5.41) is 13.1. The van der Waals surface area contributed by atoms with E-state index in [2.05, 4.69) is 5.32 Å². The van der Waals surface area contributed by atoms with Crippen molar-refractivity contribution in [2.24, 2.45) is 0 Å². The molecule has 3 rings (SSSR count). The van der Waals surface area contributed by atoms with Crippen LogP contribution in [-0.2, 0) is 4.79 Å². The van der Waals surface area contributed by atoms with Crippen molar-refractivity contribution >= 4 is 12.0 Å². The zero-order valence-electron chi connectivity index (χ0n) is 11.4. The average Bonchev–Trinajstić information content (AvgIpc) is 2.91. The predicted octanol–water partition coefficient (Wildman–Crippen LogP) is 1.88. The molecule has 1 aromatic rings. The zero-order valence-corrected chi connectivity index (χ0v) is 11.4. The van der Waals surface area contributed by atoms with Crippen LogP contribution >= 0.6 is 0 Å². The highest BCUT2D eigenvalue weighted by Gasteiger charge is 2.31. The van der Waals surface area contributed by atoms with Crippen molar-refractivity contribution in [2.45, 2.75) is 31.3 Å². The van der Waals surface area contributed by atoms with Crippen molar-refractivity contribution in [3.05, 3.63) is 35.4 Å². The standard InChI is InChI=1S/C16H19NO3/c18-15(17-11-16(19)7-3-4-8-16)13-9-12-5-1-2-6-14(12)20-10-13/h1-2,5-6,9,19H,3-4,7-8,10-11H2,(H,17,18). The minimum Gasteiger partial charge on any atom is -0.488 e. The summed E-state index contributed by atoms with van der Waals surface area (Å²) >= 11 is 0. The number of ether oxygens (including phenoxy) is 1. The van der Waals surface area contributed by atoms with Crippen LogP contribution < -0.4 is 10.1 Å². The molecule has 1 fully saturated rings. The molecule has 4 nitrogen and oxygen atoms in total. The van der Waals surface area contributed by atoms with Gasteiger partial charge in [-0.2, -0.15) is 0 Å². The summed E-state index contributed by atoms with van der Waals surface area (Å²) < 4.78 is 5.56. The summed E-state index contributed by atoms with van der Waals surface area (Å²) in [4.78, 5) is 12.1. The summed E-state index contributed by atoms with van der Waals surface area (Å²) in [6, 6.07) is 7.64. The second-order valence-corrected chi connectivity index (χ2v) is 5.61. The van der Waals surface area contributed by atoms with E-state index in [-0.39, 0.29) is 12.5 Å². The molecule has 2 aliphatic rings. The minimum absolute atomic E-state index is 0.153. The second-order valence-electron chi connectivity index (χ2n) is 5.61. The smallest absolute Gasteiger partial charge is 0.250 e. The van der Waals surface area contributed by atoms with Crippen LogP contribution in [0.15, 0.2) is 29.8 Å². The molecule has 1 aliphatic heterocycles. The number of para-hydroxylation sites is 1. The number of fused-ring (bicyclic) bond motifs is 1. The first-order chi connectivity index (χ1) is 9.66. The Hall–Kier alpha value is -1.81. The van der Waals surface area contributed by atoms with Gasteiger partial charge in [-0.05, 0) is 25.0 Å². The van der Waals surface area contributed by atoms with Crippen LogP contribution in [0.4, 0.5) is 0 Å². The van der Waals surface area contributed by atoms with Crippen LogP contribution in [0.3, 0.4) is 0 Å². The first-order valence-electron chi connectivity index (χ1n) is 7.09. The second kappa shape index (κ2) is 5.29. The minimum atomic E-state index is -0.719. The van der Waals surface area contributed by atoms with Gasteiger partial charge in [0, 0.05) is 12.1 Å². The lowest BCUT2D eigenvalue weighted by Crippen LogP contribution is -2.42. The van der Waals surface area contributed by atoms with E-state index >= 15 is 0 Å². The Balaban J connectivity index is 1.65. The van der Waals surface area contributed by atoms with E-state index in [4.69, 9.17) is 4.74 Å². The molecule has 4 heteroatoms. The Kier molecular flexibility index (Phi) is 3.49. The monoisotopic (exact) mass is 273 g/mol. The number of aliphatic hydroxyl groups is 1. The lowest BCUT2D eigenvalue weighted by atomic mass is 10.0. The van der Waals surface area contributed by atoms with E-state index in [0.29, 0.717) is 12.1 Å². The highest BCUT2D eigenvalue weighted by atomic mass is 16.5. The topological polar surface area (TPSA) is 58.6 Å². The van der Waals surface area contributed by atoms with Crippen molar-refractivity contribution in [3.8, 4) is 5.75 Å². The molecule has 0 atom stereocenters. The van der Waals surface area contributed by atoms with E-state index in [1.165, 1.54) is 0 Å². The highest BCUT2D eigenvalue weighted by Crippen LogP contribution is 2.29. The summed E-state index contributed by atoms with van der Waals surface area (Å²) in [6.07, 6.45) is 5.46. The summed E-state index contributed by atoms with van der Waals surface area (Å²) in [6.45, 7) is 0.603. The Morgan fingerprint density at radius 2 is 2.05 bits per heavy atom. The maximum Gasteiger partial charge on any atom is 0.250 e. The van der Waals surface area contributed by atoms with E-state index < -0.39 is 5.60 Å². The summed E-state index contributed by atoms with van der Waals surface area (Å²) in [5.74, 6) is 0.651. The normalized spacial score (nSPS) is 19.8. The van der Waals surface area contributed by atoms with Gasteiger partial charge in [0.05, 0.1) is 11.2 Å². The fraction of sp³-hybridized carbons (Fsp3) is 0.438. The summed E-state index contributed by atoms with van der Waals surface area (Å²) in [7, 11) is 0. The third-order valence-electron chi connectivity index (χ3n) is 4.04. The molecule has 0 bridgehead atoms. The SMILES string of the molecule is O=C(NCC1(O)CCCC1)C1=Cc2ccccc2OC1. The van der Waals surface area contributed by atoms with Gasteiger partial charge in [0.1, 0.15) is 12.4 Å². The van der Waals surface area contributed by atoms with Gasteiger partial charge in [0.25, 0.3) is 5.91 Å². The number of nitrogens with one attached hydrogen (secondary N) is 1. The van der Waals surface area contributed by atoms with Crippen molar-refractivity contribution in [1.82, 2.24) is 5.32 Å². The van der Waals surface area contributed by atoms with Gasteiger partial charge in [-0.3, -0.25) is 4.79 Å². The number of hydrogen-bond donors (Lipinski definition) is 2. The fourth-order valence-electron chi connectivity index (χ4n) is 2.82. The molecule has 0 unspecified atom stereocenters. The predicted molar refractivity (Wildman–Crippen MR) is 76.3 cm³/mol. The molecule has 1 heterocycles. The number of rotatable bonds is 3. The van der Waals surface area contributed by atoms with Crippen molar-refractivity contribution in [3.63, 3.8) is 0 Å². The van der Waals surface area contributed by atoms with E-state index in [9.17, 15) is 9.90 Å². The molecule has 1 amide bonds. The van der Waals surface area contributed by atoms with Gasteiger partial charge in [0.15, 0.2) is 0 Å². The lowest BCUT2D eigenvalue weighted by Gasteiger charge is -2.23. The molecule has 0 radical (unpaired) electrons. The van der Waals surface area contributed by atoms with Gasteiger partial charge in [-0.25, -0.2) is 0 Å².